The summed E-state index contributed by atoms with van der Waals surface area (Å²) < 4.78 is 48.2. The first kappa shape index (κ1) is 30.8. The molecule has 1 aliphatic carbocycles. The SMILES string of the molecule is C=C(C)C1CCC(C)=CC1c1c(O)cc(CCCCC)cc1OP(=O)(OC)C(C)(O)P(=O)(OC)OC. The van der Waals surface area contributed by atoms with Gasteiger partial charge < -0.3 is 28.3 Å². The molecule has 0 saturated carbocycles. The van der Waals surface area contributed by atoms with Crippen molar-refractivity contribution in [2.45, 2.75) is 77.2 Å². The minimum Gasteiger partial charge on any atom is -0.507 e. The highest BCUT2D eigenvalue weighted by atomic mass is 31.2. The van der Waals surface area contributed by atoms with Crippen molar-refractivity contribution in [2.75, 3.05) is 21.3 Å². The smallest absolute Gasteiger partial charge is 0.422 e. The van der Waals surface area contributed by atoms with Crippen molar-refractivity contribution in [3.63, 3.8) is 0 Å². The zero-order chi connectivity index (χ0) is 27.3. The lowest BCUT2D eigenvalue weighted by Gasteiger charge is -2.36. The van der Waals surface area contributed by atoms with E-state index in [4.69, 9.17) is 18.1 Å². The Balaban J connectivity index is 2.74. The zero-order valence-corrected chi connectivity index (χ0v) is 24.4. The third kappa shape index (κ3) is 6.18. The molecule has 0 bridgehead atoms. The van der Waals surface area contributed by atoms with E-state index >= 15 is 0 Å². The average Bonchev–Trinajstić information content (AvgIpc) is 2.82. The van der Waals surface area contributed by atoms with Gasteiger partial charge in [-0.05, 0) is 70.1 Å². The molecule has 0 radical (unpaired) electrons. The van der Waals surface area contributed by atoms with Gasteiger partial charge in [-0.3, -0.25) is 4.57 Å². The molecule has 0 heterocycles. The van der Waals surface area contributed by atoms with E-state index in [9.17, 15) is 19.3 Å². The zero-order valence-electron chi connectivity index (χ0n) is 22.6. The molecular weight excluding hydrogens is 502 g/mol. The van der Waals surface area contributed by atoms with E-state index < -0.39 is 20.3 Å². The second-order valence-corrected chi connectivity index (χ2v) is 15.0. The number of hydrogen-bond acceptors (Lipinski definition) is 8. The fraction of sp³-hybridized carbons (Fsp3) is 0.615. The average molecular weight is 545 g/mol. The van der Waals surface area contributed by atoms with Crippen LogP contribution in [0.3, 0.4) is 0 Å². The molecule has 0 aliphatic heterocycles. The first-order valence-corrected chi connectivity index (χ1v) is 15.4. The molecule has 8 nitrogen and oxygen atoms in total. The van der Waals surface area contributed by atoms with E-state index in [1.807, 2.05) is 13.8 Å². The summed E-state index contributed by atoms with van der Waals surface area (Å²) in [5.41, 5.74) is 3.30. The van der Waals surface area contributed by atoms with Gasteiger partial charge in [-0.1, -0.05) is 43.6 Å². The number of aromatic hydroxyl groups is 1. The van der Waals surface area contributed by atoms with Crippen LogP contribution in [0.25, 0.3) is 0 Å². The quantitative estimate of drug-likeness (QED) is 0.149. The van der Waals surface area contributed by atoms with Crippen LogP contribution < -0.4 is 4.52 Å². The number of aryl methyl sites for hydroxylation is 1. The summed E-state index contributed by atoms with van der Waals surface area (Å²) in [6.07, 6.45) is 7.41. The van der Waals surface area contributed by atoms with E-state index in [0.717, 1.165) is 77.1 Å². The molecule has 204 valence electrons. The van der Waals surface area contributed by atoms with Crippen LogP contribution in [0.5, 0.6) is 11.5 Å². The van der Waals surface area contributed by atoms with E-state index in [1.165, 1.54) is 0 Å². The fourth-order valence-corrected chi connectivity index (χ4v) is 8.61. The molecule has 0 amide bonds. The minimum atomic E-state index is -4.60. The number of benzene rings is 1. The highest BCUT2D eigenvalue weighted by molar-refractivity contribution is 7.74. The van der Waals surface area contributed by atoms with Crippen LogP contribution in [0.1, 0.15) is 76.8 Å². The molecule has 0 aromatic heterocycles. The molecule has 36 heavy (non-hydrogen) atoms. The summed E-state index contributed by atoms with van der Waals surface area (Å²) >= 11 is 0. The minimum absolute atomic E-state index is 0.00911. The predicted octanol–water partition coefficient (Wildman–Crippen LogP) is 7.51. The van der Waals surface area contributed by atoms with Crippen molar-refractivity contribution in [3.8, 4) is 11.5 Å². The summed E-state index contributed by atoms with van der Waals surface area (Å²) in [5, 5.41) is 19.8. The van der Waals surface area contributed by atoms with Crippen LogP contribution in [0.15, 0.2) is 35.9 Å². The summed E-state index contributed by atoms with van der Waals surface area (Å²) in [5.74, 6) is -0.208. The Kier molecular flexibility index (Phi) is 10.6. The molecule has 4 atom stereocenters. The summed E-state index contributed by atoms with van der Waals surface area (Å²) in [6, 6.07) is 3.42. The van der Waals surface area contributed by atoms with Crippen molar-refractivity contribution in [1.82, 2.24) is 0 Å². The number of unbranched alkanes of at least 4 members (excludes halogenated alkanes) is 2. The number of aliphatic hydroxyl groups is 1. The summed E-state index contributed by atoms with van der Waals surface area (Å²) in [4.78, 5) is 0. The third-order valence-corrected chi connectivity index (χ3v) is 12.4. The molecule has 1 aliphatic rings. The van der Waals surface area contributed by atoms with Crippen molar-refractivity contribution in [3.05, 3.63) is 47.1 Å². The number of phenolic OH excluding ortho intramolecular Hbond substituents is 1. The highest BCUT2D eigenvalue weighted by Gasteiger charge is 2.62. The largest absolute Gasteiger partial charge is 0.507 e. The van der Waals surface area contributed by atoms with Crippen LogP contribution in [-0.4, -0.2) is 36.6 Å². The normalized spacial score (nSPS) is 21.8. The first-order chi connectivity index (χ1) is 16.8. The van der Waals surface area contributed by atoms with Crippen LogP contribution in [0.2, 0.25) is 0 Å². The van der Waals surface area contributed by atoms with Gasteiger partial charge in [-0.2, -0.15) is 0 Å². The van der Waals surface area contributed by atoms with Crippen molar-refractivity contribution < 1.29 is 37.4 Å². The molecule has 0 saturated heterocycles. The van der Waals surface area contributed by atoms with Gasteiger partial charge in [0.1, 0.15) is 11.5 Å². The Morgan fingerprint density at radius 1 is 1.14 bits per heavy atom. The molecule has 10 heteroatoms. The Bertz CT molecular complexity index is 1050. The molecule has 0 fully saturated rings. The van der Waals surface area contributed by atoms with Crippen LogP contribution in [0.4, 0.5) is 0 Å². The predicted molar refractivity (Wildman–Crippen MR) is 143 cm³/mol. The Morgan fingerprint density at radius 2 is 1.75 bits per heavy atom. The van der Waals surface area contributed by atoms with Gasteiger partial charge >= 0.3 is 15.2 Å². The third-order valence-electron chi connectivity index (χ3n) is 6.94. The molecule has 2 N–H and O–H groups in total. The standard InChI is InChI=1S/C26H42O8P2/c1-9-10-11-12-20-16-23(27)25(22-15-19(4)13-14-21(22)18(2)3)24(17-20)34-36(30,33-8)26(5,28)35(29,31-6)32-7/h15-17,21-22,27-28H,2,9-14H2,1,3-8H3. The van der Waals surface area contributed by atoms with Crippen molar-refractivity contribution in [1.29, 1.82) is 0 Å². The molecule has 1 aromatic carbocycles. The molecular formula is C26H42O8P2. The van der Waals surface area contributed by atoms with Crippen LogP contribution in [0, 0.1) is 5.92 Å². The van der Waals surface area contributed by atoms with Gasteiger partial charge in [0.05, 0.1) is 0 Å². The van der Waals surface area contributed by atoms with Crippen LogP contribution in [-0.2, 0) is 29.1 Å². The number of phenols is 1. The van der Waals surface area contributed by atoms with Gasteiger partial charge in [0.25, 0.3) is 5.08 Å². The van der Waals surface area contributed by atoms with E-state index in [0.29, 0.717) is 12.0 Å². The van der Waals surface area contributed by atoms with Crippen molar-refractivity contribution >= 4 is 15.2 Å². The first-order valence-electron chi connectivity index (χ1n) is 12.3. The van der Waals surface area contributed by atoms with E-state index in [-0.39, 0.29) is 23.3 Å². The lowest BCUT2D eigenvalue weighted by atomic mass is 9.73. The number of allylic oxidation sites excluding steroid dienone is 3. The van der Waals surface area contributed by atoms with Gasteiger partial charge in [-0.15, -0.1) is 0 Å². The molecule has 0 spiro atoms. The summed E-state index contributed by atoms with van der Waals surface area (Å²) in [6.45, 7) is 11.3. The van der Waals surface area contributed by atoms with E-state index in [2.05, 4.69) is 19.6 Å². The molecule has 4 unspecified atom stereocenters. The maximum atomic E-state index is 14.0. The second-order valence-electron chi connectivity index (χ2n) is 9.62. The maximum absolute atomic E-state index is 14.0. The monoisotopic (exact) mass is 544 g/mol. The van der Waals surface area contributed by atoms with Gasteiger partial charge in [-0.25, -0.2) is 4.57 Å². The topological polar surface area (TPSA) is 112 Å². The van der Waals surface area contributed by atoms with Gasteiger partial charge in [0, 0.05) is 32.8 Å². The fourth-order valence-electron chi connectivity index (χ4n) is 4.70. The Hall–Kier alpha value is -1.40. The van der Waals surface area contributed by atoms with E-state index in [1.54, 1.807) is 12.1 Å². The lowest BCUT2D eigenvalue weighted by molar-refractivity contribution is 0.125. The Labute approximate surface area is 215 Å². The molecule has 2 rings (SSSR count). The number of rotatable bonds is 13. The number of hydrogen-bond donors (Lipinski definition) is 2. The molecule has 1 aromatic rings. The second kappa shape index (κ2) is 12.4. The maximum Gasteiger partial charge on any atom is 0.422 e. The highest BCUT2D eigenvalue weighted by Crippen LogP contribution is 2.75. The van der Waals surface area contributed by atoms with Gasteiger partial charge in [0.2, 0.25) is 0 Å². The Morgan fingerprint density at radius 3 is 2.28 bits per heavy atom. The summed E-state index contributed by atoms with van der Waals surface area (Å²) in [7, 11) is -5.68. The van der Waals surface area contributed by atoms with Crippen molar-refractivity contribution in [2.24, 2.45) is 5.92 Å². The van der Waals surface area contributed by atoms with Gasteiger partial charge in [0.15, 0.2) is 0 Å². The lowest BCUT2D eigenvalue weighted by Crippen LogP contribution is -2.29. The van der Waals surface area contributed by atoms with Crippen LogP contribution >= 0.6 is 15.2 Å².